The van der Waals surface area contributed by atoms with Crippen molar-refractivity contribution in [3.05, 3.63) is 36.4 Å². The fraction of sp³-hybridized carbons (Fsp3) is 0.312. The molecule has 0 fully saturated rings. The van der Waals surface area contributed by atoms with E-state index in [9.17, 15) is 4.79 Å². The maximum absolute atomic E-state index is 11.5. The number of rotatable bonds is 4. The molecule has 1 unspecified atom stereocenters. The van der Waals surface area contributed by atoms with E-state index in [1.807, 2.05) is 30.0 Å². The van der Waals surface area contributed by atoms with Gasteiger partial charge in [0, 0.05) is 18.3 Å². The normalized spacial score (nSPS) is 17.1. The minimum atomic E-state index is -0.177. The zero-order chi connectivity index (χ0) is 13.8. The van der Waals surface area contributed by atoms with Gasteiger partial charge in [0.25, 0.3) is 0 Å². The Morgan fingerprint density at radius 2 is 2.42 bits per heavy atom. The lowest BCUT2D eigenvalue weighted by Crippen LogP contribution is -2.24. The molecular formula is C16H17NO2. The number of fused-ring (bicyclic) bond motifs is 1. The number of carbonyl (C=O) groups excluding carboxylic acids is 1. The second-order valence-electron chi connectivity index (χ2n) is 4.67. The molecule has 1 atom stereocenters. The summed E-state index contributed by atoms with van der Waals surface area (Å²) < 4.78 is 5.31. The third kappa shape index (κ3) is 2.79. The molecule has 1 aliphatic heterocycles. The van der Waals surface area contributed by atoms with Crippen LogP contribution in [0.2, 0.25) is 0 Å². The fourth-order valence-corrected chi connectivity index (χ4v) is 2.27. The number of hydrogen-bond acceptors (Lipinski definition) is 3. The lowest BCUT2D eigenvalue weighted by molar-refractivity contribution is -0.135. The van der Waals surface area contributed by atoms with Gasteiger partial charge in [-0.25, -0.2) is 0 Å². The van der Waals surface area contributed by atoms with Crippen LogP contribution in [0, 0.1) is 12.3 Å². The van der Waals surface area contributed by atoms with Gasteiger partial charge in [-0.1, -0.05) is 25.0 Å². The smallest absolute Gasteiger partial charge is 0.311 e. The van der Waals surface area contributed by atoms with Crippen molar-refractivity contribution in [1.82, 2.24) is 0 Å². The molecule has 0 aromatic heterocycles. The van der Waals surface area contributed by atoms with E-state index in [1.54, 1.807) is 6.08 Å². The van der Waals surface area contributed by atoms with Crippen LogP contribution in [0.15, 0.2) is 30.9 Å². The lowest BCUT2D eigenvalue weighted by atomic mass is 9.94. The van der Waals surface area contributed by atoms with E-state index in [4.69, 9.17) is 11.2 Å². The summed E-state index contributed by atoms with van der Waals surface area (Å²) in [7, 11) is 0. The van der Waals surface area contributed by atoms with E-state index >= 15 is 0 Å². The molecule has 0 aliphatic carbocycles. The molecule has 0 radical (unpaired) electrons. The number of anilines is 1. The number of ether oxygens (including phenoxy) is 1. The van der Waals surface area contributed by atoms with Crippen molar-refractivity contribution < 1.29 is 9.53 Å². The molecule has 3 nitrogen and oxygen atoms in total. The van der Waals surface area contributed by atoms with E-state index in [0.717, 1.165) is 11.3 Å². The standard InChI is InChI=1S/C16H17NO2/c1-4-8-17(9-5-2)13-6-7-14-12(3)10-16(18)19-15(14)11-13/h1,5-7,11-12H,2,8-10H2,3H3. The average Bonchev–Trinajstić information content (AvgIpc) is 2.37. The van der Waals surface area contributed by atoms with Crippen LogP contribution in [-0.2, 0) is 4.79 Å². The Balaban J connectivity index is 2.34. The molecule has 0 saturated heterocycles. The summed E-state index contributed by atoms with van der Waals surface area (Å²) in [6.45, 7) is 6.91. The van der Waals surface area contributed by atoms with E-state index in [-0.39, 0.29) is 11.9 Å². The number of benzene rings is 1. The number of nitrogens with zero attached hydrogens (tertiary/aromatic N) is 1. The molecule has 0 bridgehead atoms. The quantitative estimate of drug-likeness (QED) is 0.358. The van der Waals surface area contributed by atoms with Crippen molar-refractivity contribution in [3.63, 3.8) is 0 Å². The molecule has 2 rings (SSSR count). The second kappa shape index (κ2) is 5.62. The van der Waals surface area contributed by atoms with Crippen molar-refractivity contribution in [1.29, 1.82) is 0 Å². The van der Waals surface area contributed by atoms with Crippen LogP contribution >= 0.6 is 0 Å². The van der Waals surface area contributed by atoms with Crippen molar-refractivity contribution in [2.24, 2.45) is 0 Å². The summed E-state index contributed by atoms with van der Waals surface area (Å²) in [5.41, 5.74) is 2.01. The molecular weight excluding hydrogens is 238 g/mol. The topological polar surface area (TPSA) is 29.5 Å². The van der Waals surface area contributed by atoms with Crippen LogP contribution in [0.3, 0.4) is 0 Å². The monoisotopic (exact) mass is 255 g/mol. The maximum atomic E-state index is 11.5. The summed E-state index contributed by atoms with van der Waals surface area (Å²) in [5, 5.41) is 0. The van der Waals surface area contributed by atoms with Gasteiger partial charge in [-0.2, -0.15) is 0 Å². The van der Waals surface area contributed by atoms with Crippen molar-refractivity contribution >= 4 is 11.7 Å². The third-order valence-electron chi connectivity index (χ3n) is 3.22. The van der Waals surface area contributed by atoms with Crippen LogP contribution in [0.25, 0.3) is 0 Å². The van der Waals surface area contributed by atoms with E-state index < -0.39 is 0 Å². The zero-order valence-electron chi connectivity index (χ0n) is 11.1. The van der Waals surface area contributed by atoms with Gasteiger partial charge < -0.3 is 9.64 Å². The molecule has 1 aliphatic rings. The summed E-state index contributed by atoms with van der Waals surface area (Å²) >= 11 is 0. The minimum absolute atomic E-state index is 0.177. The Bertz CT molecular complexity index is 542. The molecule has 0 saturated carbocycles. The third-order valence-corrected chi connectivity index (χ3v) is 3.22. The second-order valence-corrected chi connectivity index (χ2v) is 4.67. The number of carbonyl (C=O) groups is 1. The molecule has 0 amide bonds. The first-order valence-electron chi connectivity index (χ1n) is 6.29. The van der Waals surface area contributed by atoms with Crippen LogP contribution in [0.1, 0.15) is 24.8 Å². The molecule has 1 heterocycles. The van der Waals surface area contributed by atoms with Gasteiger partial charge in [0.1, 0.15) is 5.75 Å². The van der Waals surface area contributed by atoms with Crippen LogP contribution in [0.5, 0.6) is 5.75 Å². The van der Waals surface area contributed by atoms with Crippen LogP contribution < -0.4 is 9.64 Å². The number of esters is 1. The lowest BCUT2D eigenvalue weighted by Gasteiger charge is -2.25. The van der Waals surface area contributed by atoms with Gasteiger partial charge in [-0.15, -0.1) is 13.0 Å². The summed E-state index contributed by atoms with van der Waals surface area (Å²) in [6, 6.07) is 5.90. The van der Waals surface area contributed by atoms with Gasteiger partial charge >= 0.3 is 5.97 Å². The van der Waals surface area contributed by atoms with E-state index in [2.05, 4.69) is 12.5 Å². The molecule has 0 spiro atoms. The summed E-state index contributed by atoms with van der Waals surface area (Å²) in [4.78, 5) is 13.5. The van der Waals surface area contributed by atoms with Gasteiger partial charge in [0.2, 0.25) is 0 Å². The Labute approximate surface area is 113 Å². The highest BCUT2D eigenvalue weighted by molar-refractivity contribution is 5.77. The highest BCUT2D eigenvalue weighted by Gasteiger charge is 2.24. The van der Waals surface area contributed by atoms with E-state index in [1.165, 1.54) is 0 Å². The van der Waals surface area contributed by atoms with Gasteiger partial charge in [-0.3, -0.25) is 4.79 Å². The highest BCUT2D eigenvalue weighted by atomic mass is 16.5. The summed E-state index contributed by atoms with van der Waals surface area (Å²) in [5.74, 6) is 3.29. The zero-order valence-corrected chi connectivity index (χ0v) is 11.1. The SMILES string of the molecule is C#CCN(CC=C)c1ccc2c(c1)OC(=O)CC2C. The van der Waals surface area contributed by atoms with Crippen molar-refractivity contribution in [3.8, 4) is 18.1 Å². The predicted molar refractivity (Wildman–Crippen MR) is 76.4 cm³/mol. The first kappa shape index (κ1) is 13.2. The van der Waals surface area contributed by atoms with Crippen LogP contribution in [0.4, 0.5) is 5.69 Å². The van der Waals surface area contributed by atoms with Gasteiger partial charge in [0.15, 0.2) is 0 Å². The molecule has 98 valence electrons. The van der Waals surface area contributed by atoms with E-state index in [0.29, 0.717) is 25.3 Å². The van der Waals surface area contributed by atoms with Crippen molar-refractivity contribution in [2.75, 3.05) is 18.0 Å². The average molecular weight is 255 g/mol. The Kier molecular flexibility index (Phi) is 3.91. The minimum Gasteiger partial charge on any atom is -0.426 e. The summed E-state index contributed by atoms with van der Waals surface area (Å²) in [6.07, 6.45) is 7.60. The van der Waals surface area contributed by atoms with Crippen molar-refractivity contribution in [2.45, 2.75) is 19.3 Å². The predicted octanol–water partition coefficient (Wildman–Crippen LogP) is 2.72. The molecule has 0 N–H and O–H groups in total. The first-order valence-corrected chi connectivity index (χ1v) is 6.29. The number of terminal acetylenes is 1. The maximum Gasteiger partial charge on any atom is 0.311 e. The van der Waals surface area contributed by atoms with Gasteiger partial charge in [0.05, 0.1) is 13.0 Å². The fourth-order valence-electron chi connectivity index (χ4n) is 2.27. The molecule has 3 heteroatoms. The largest absolute Gasteiger partial charge is 0.426 e. The Morgan fingerprint density at radius 3 is 3.11 bits per heavy atom. The number of hydrogen-bond donors (Lipinski definition) is 0. The van der Waals surface area contributed by atoms with Crippen LogP contribution in [-0.4, -0.2) is 19.1 Å². The molecule has 1 aromatic rings. The molecule has 19 heavy (non-hydrogen) atoms. The Morgan fingerprint density at radius 1 is 1.63 bits per heavy atom. The first-order chi connectivity index (χ1) is 9.15. The highest BCUT2D eigenvalue weighted by Crippen LogP contribution is 2.36. The molecule has 1 aromatic carbocycles. The van der Waals surface area contributed by atoms with Gasteiger partial charge in [-0.05, 0) is 17.5 Å². The Hall–Kier alpha value is -2.21.